The maximum Gasteiger partial charge on any atom is 0.258 e. The van der Waals surface area contributed by atoms with Crippen molar-refractivity contribution in [3.05, 3.63) is 75.6 Å². The summed E-state index contributed by atoms with van der Waals surface area (Å²) in [6, 6.07) is 12.8. The number of likely N-dealkylation sites (N-methyl/N-ethyl adjacent to an activating group) is 1. The van der Waals surface area contributed by atoms with E-state index < -0.39 is 10.0 Å². The van der Waals surface area contributed by atoms with Crippen LogP contribution in [0.15, 0.2) is 47.4 Å². The van der Waals surface area contributed by atoms with Crippen molar-refractivity contribution in [2.45, 2.75) is 32.6 Å². The molecule has 0 saturated carbocycles. The molecule has 3 heterocycles. The lowest BCUT2D eigenvalue weighted by Gasteiger charge is -2.26. The van der Waals surface area contributed by atoms with Crippen LogP contribution in [0.25, 0.3) is 17.3 Å². The molecule has 2 aliphatic rings. The quantitative estimate of drug-likeness (QED) is 0.428. The van der Waals surface area contributed by atoms with Crippen molar-refractivity contribution < 1.29 is 17.9 Å². The van der Waals surface area contributed by atoms with Gasteiger partial charge in [0.05, 0.1) is 23.8 Å². The van der Waals surface area contributed by atoms with Crippen LogP contribution in [0.4, 0.5) is 5.69 Å². The lowest BCUT2D eigenvalue weighted by Crippen LogP contribution is -2.40. The SMILES string of the molecule is CCN1C(=O)/C(=C\c2cc(C)n(-c3cccc(Cl)c3C)c2C)c2cc(S(=O)(=O)N3CCOCC3)ccc21. The van der Waals surface area contributed by atoms with Crippen LogP contribution in [0.3, 0.4) is 0 Å². The van der Waals surface area contributed by atoms with Crippen molar-refractivity contribution in [1.82, 2.24) is 8.87 Å². The minimum absolute atomic E-state index is 0.137. The van der Waals surface area contributed by atoms with Crippen LogP contribution in [0, 0.1) is 20.8 Å². The van der Waals surface area contributed by atoms with Gasteiger partial charge in [-0.25, -0.2) is 8.42 Å². The fourth-order valence-electron chi connectivity index (χ4n) is 5.18. The molecule has 1 aromatic heterocycles. The highest BCUT2D eigenvalue weighted by Gasteiger charge is 2.34. The van der Waals surface area contributed by atoms with E-state index in [0.29, 0.717) is 49.0 Å². The zero-order chi connectivity index (χ0) is 26.5. The number of amides is 1. The van der Waals surface area contributed by atoms with E-state index in [1.54, 1.807) is 23.1 Å². The number of benzene rings is 2. The Kier molecular flexibility index (Phi) is 6.79. The summed E-state index contributed by atoms with van der Waals surface area (Å²) >= 11 is 6.39. The van der Waals surface area contributed by atoms with E-state index in [2.05, 4.69) is 4.57 Å². The number of hydrogen-bond donors (Lipinski definition) is 0. The first-order chi connectivity index (χ1) is 17.6. The van der Waals surface area contributed by atoms with Crippen molar-refractivity contribution >= 4 is 44.9 Å². The summed E-state index contributed by atoms with van der Waals surface area (Å²) in [6.07, 6.45) is 1.88. The molecule has 3 aromatic rings. The Labute approximate surface area is 223 Å². The van der Waals surface area contributed by atoms with Crippen LogP contribution >= 0.6 is 11.6 Å². The number of nitrogens with zero attached hydrogens (tertiary/aromatic N) is 3. The zero-order valence-electron chi connectivity index (χ0n) is 21.4. The maximum atomic E-state index is 13.5. The molecule has 0 bridgehead atoms. The molecule has 0 N–H and O–H groups in total. The van der Waals surface area contributed by atoms with Gasteiger partial charge in [-0.15, -0.1) is 0 Å². The molecule has 5 rings (SSSR count). The number of morpholine rings is 1. The number of sulfonamides is 1. The molecule has 0 radical (unpaired) electrons. The first-order valence-corrected chi connectivity index (χ1v) is 14.2. The predicted octanol–water partition coefficient (Wildman–Crippen LogP) is 4.98. The average molecular weight is 540 g/mol. The summed E-state index contributed by atoms with van der Waals surface area (Å²) < 4.78 is 35.6. The van der Waals surface area contributed by atoms with Crippen molar-refractivity contribution in [3.8, 4) is 5.69 Å². The Morgan fingerprint density at radius 3 is 2.46 bits per heavy atom. The van der Waals surface area contributed by atoms with Crippen molar-refractivity contribution in [2.24, 2.45) is 0 Å². The normalized spacial score (nSPS) is 17.6. The van der Waals surface area contributed by atoms with E-state index in [1.807, 2.05) is 58.0 Å². The summed E-state index contributed by atoms with van der Waals surface area (Å²) in [5.41, 5.74) is 6.67. The monoisotopic (exact) mass is 539 g/mol. The smallest absolute Gasteiger partial charge is 0.258 e. The van der Waals surface area contributed by atoms with Gasteiger partial charge in [-0.3, -0.25) is 4.79 Å². The lowest BCUT2D eigenvalue weighted by atomic mass is 10.0. The number of halogens is 1. The maximum absolute atomic E-state index is 13.5. The summed E-state index contributed by atoms with van der Waals surface area (Å²) in [4.78, 5) is 15.4. The largest absolute Gasteiger partial charge is 0.379 e. The van der Waals surface area contributed by atoms with Gasteiger partial charge >= 0.3 is 0 Å². The molecule has 1 amide bonds. The molecular formula is C28H30ClN3O4S. The van der Waals surface area contributed by atoms with E-state index >= 15 is 0 Å². The van der Waals surface area contributed by atoms with Gasteiger partial charge in [0.1, 0.15) is 0 Å². The molecular weight excluding hydrogens is 510 g/mol. The highest BCUT2D eigenvalue weighted by Crippen LogP contribution is 2.40. The lowest BCUT2D eigenvalue weighted by molar-refractivity contribution is -0.112. The van der Waals surface area contributed by atoms with Gasteiger partial charge in [-0.05, 0) is 81.3 Å². The van der Waals surface area contributed by atoms with Crippen LogP contribution in [-0.4, -0.2) is 56.0 Å². The summed E-state index contributed by atoms with van der Waals surface area (Å²) in [5.74, 6) is -0.137. The minimum Gasteiger partial charge on any atom is -0.379 e. The Morgan fingerprint density at radius 2 is 1.76 bits per heavy atom. The van der Waals surface area contributed by atoms with E-state index in [9.17, 15) is 13.2 Å². The molecule has 0 unspecified atom stereocenters. The summed E-state index contributed by atoms with van der Waals surface area (Å²) in [6.45, 7) is 9.80. The molecule has 2 aliphatic heterocycles. The first-order valence-electron chi connectivity index (χ1n) is 12.4. The number of ether oxygens (including phenoxy) is 1. The van der Waals surface area contributed by atoms with E-state index in [0.717, 1.165) is 33.9 Å². The Morgan fingerprint density at radius 1 is 1.03 bits per heavy atom. The fraction of sp³-hybridized carbons (Fsp3) is 0.321. The number of hydrogen-bond acceptors (Lipinski definition) is 4. The third-order valence-corrected chi connectivity index (χ3v) is 9.50. The Bertz CT molecular complexity index is 1530. The second-order valence-electron chi connectivity index (χ2n) is 9.35. The van der Waals surface area contributed by atoms with Gasteiger partial charge in [-0.2, -0.15) is 4.31 Å². The van der Waals surface area contributed by atoms with Crippen molar-refractivity contribution in [2.75, 3.05) is 37.7 Å². The number of aromatic nitrogens is 1. The van der Waals surface area contributed by atoms with Gasteiger partial charge in [0, 0.05) is 52.9 Å². The van der Waals surface area contributed by atoms with E-state index in [-0.39, 0.29) is 10.8 Å². The van der Waals surface area contributed by atoms with Crippen LogP contribution in [-0.2, 0) is 19.6 Å². The molecule has 0 spiro atoms. The second-order valence-corrected chi connectivity index (χ2v) is 11.7. The first kappa shape index (κ1) is 25.7. The number of aryl methyl sites for hydroxylation is 1. The zero-order valence-corrected chi connectivity index (χ0v) is 23.0. The molecule has 7 nitrogen and oxygen atoms in total. The Hall–Kier alpha value is -2.91. The molecule has 37 heavy (non-hydrogen) atoms. The van der Waals surface area contributed by atoms with Crippen molar-refractivity contribution in [1.29, 1.82) is 0 Å². The number of fused-ring (bicyclic) bond motifs is 1. The fourth-order valence-corrected chi connectivity index (χ4v) is 6.79. The van der Waals surface area contributed by atoms with Crippen molar-refractivity contribution in [3.63, 3.8) is 0 Å². The highest BCUT2D eigenvalue weighted by atomic mass is 35.5. The van der Waals surface area contributed by atoms with Gasteiger partial charge < -0.3 is 14.2 Å². The topological polar surface area (TPSA) is 71.9 Å². The van der Waals surface area contributed by atoms with E-state index in [1.165, 1.54) is 4.31 Å². The molecule has 0 atom stereocenters. The van der Waals surface area contributed by atoms with Gasteiger partial charge in [-0.1, -0.05) is 17.7 Å². The predicted molar refractivity (Wildman–Crippen MR) is 147 cm³/mol. The molecule has 0 aliphatic carbocycles. The number of carbonyl (C=O) groups excluding carboxylic acids is 1. The standard InChI is InChI=1S/C28H30ClN3O4S/c1-5-31-27-10-9-22(37(34,35)30-11-13-36-14-12-30)17-23(27)24(28(31)33)16-21-15-18(2)32(20(21)4)26-8-6-7-25(29)19(26)3/h6-10,15-17H,5,11-14H2,1-4H3/b24-16-. The van der Waals surface area contributed by atoms with Crippen LogP contribution < -0.4 is 4.90 Å². The van der Waals surface area contributed by atoms with Crippen LogP contribution in [0.1, 0.15) is 35.0 Å². The third-order valence-electron chi connectivity index (χ3n) is 7.20. The summed E-state index contributed by atoms with van der Waals surface area (Å²) in [5, 5.41) is 0.692. The average Bonchev–Trinajstić information content (AvgIpc) is 3.32. The number of rotatable bonds is 5. The van der Waals surface area contributed by atoms with Crippen LogP contribution in [0.2, 0.25) is 5.02 Å². The Balaban J connectivity index is 1.62. The molecule has 9 heteroatoms. The number of carbonyl (C=O) groups is 1. The second kappa shape index (κ2) is 9.76. The molecule has 1 saturated heterocycles. The van der Waals surface area contributed by atoms with Crippen LogP contribution in [0.5, 0.6) is 0 Å². The number of anilines is 1. The molecule has 194 valence electrons. The van der Waals surface area contributed by atoms with E-state index in [4.69, 9.17) is 16.3 Å². The van der Waals surface area contributed by atoms with Gasteiger partial charge in [0.15, 0.2) is 0 Å². The highest BCUT2D eigenvalue weighted by molar-refractivity contribution is 7.89. The molecule has 1 fully saturated rings. The molecule has 2 aromatic carbocycles. The van der Waals surface area contributed by atoms with Gasteiger partial charge in [0.2, 0.25) is 10.0 Å². The minimum atomic E-state index is -3.70. The summed E-state index contributed by atoms with van der Waals surface area (Å²) in [7, 11) is -3.70. The van der Waals surface area contributed by atoms with Gasteiger partial charge in [0.25, 0.3) is 5.91 Å². The third kappa shape index (κ3) is 4.32.